The van der Waals surface area contributed by atoms with Crippen LogP contribution in [0.1, 0.15) is 19.4 Å². The number of fused-ring (bicyclic) bond motifs is 1. The summed E-state index contributed by atoms with van der Waals surface area (Å²) >= 11 is 5.23. The Kier molecular flexibility index (Phi) is 3.93. The van der Waals surface area contributed by atoms with Crippen LogP contribution in [0.25, 0.3) is 11.2 Å². The third-order valence-corrected chi connectivity index (χ3v) is 3.78. The van der Waals surface area contributed by atoms with Crippen LogP contribution < -0.4 is 5.73 Å². The molecule has 17 heavy (non-hydrogen) atoms. The monoisotopic (exact) mass is 314 g/mol. The minimum absolute atomic E-state index is 0.320. The lowest BCUT2D eigenvalue weighted by molar-refractivity contribution is 0.553. The molecule has 0 aliphatic carbocycles. The van der Waals surface area contributed by atoms with E-state index in [0.29, 0.717) is 12.0 Å². The lowest BCUT2D eigenvalue weighted by atomic mass is 10.2. The first-order chi connectivity index (χ1) is 8.13. The summed E-state index contributed by atoms with van der Waals surface area (Å²) in [5.74, 6) is 1.65. The van der Waals surface area contributed by atoms with Gasteiger partial charge in [-0.1, -0.05) is 0 Å². The Morgan fingerprint density at radius 3 is 3.06 bits per heavy atom. The van der Waals surface area contributed by atoms with Crippen LogP contribution in [0.5, 0.6) is 0 Å². The summed E-state index contributed by atoms with van der Waals surface area (Å²) in [6.45, 7) is 2.15. The summed E-state index contributed by atoms with van der Waals surface area (Å²) in [6, 6.07) is 2.26. The Hall–Kier alpha value is -0.750. The number of thioether (sulfide) groups is 1. The largest absolute Gasteiger partial charge is 0.369 e. The lowest BCUT2D eigenvalue weighted by Gasteiger charge is -2.14. The molecule has 0 saturated heterocycles. The normalized spacial score (nSPS) is 13.1. The summed E-state index contributed by atoms with van der Waals surface area (Å²) in [5, 5.41) is 0. The summed E-state index contributed by atoms with van der Waals surface area (Å²) in [7, 11) is 0. The number of nitrogens with zero attached hydrogens (tertiary/aromatic N) is 3. The maximum Gasteiger partial charge on any atom is 0.202 e. The number of pyridine rings is 1. The highest BCUT2D eigenvalue weighted by Gasteiger charge is 2.14. The van der Waals surface area contributed by atoms with Crippen LogP contribution in [0.4, 0.5) is 5.95 Å². The number of hydrogen-bond donors (Lipinski definition) is 1. The van der Waals surface area contributed by atoms with Crippen molar-refractivity contribution in [1.82, 2.24) is 14.5 Å². The van der Waals surface area contributed by atoms with Crippen LogP contribution in [0, 0.1) is 0 Å². The fraction of sp³-hybridized carbons (Fsp3) is 0.455. The fourth-order valence-corrected chi connectivity index (χ4v) is 2.72. The summed E-state index contributed by atoms with van der Waals surface area (Å²) < 4.78 is 2.93. The fourth-order valence-electron chi connectivity index (χ4n) is 1.83. The van der Waals surface area contributed by atoms with Crippen molar-refractivity contribution >= 4 is 44.8 Å². The van der Waals surface area contributed by atoms with Crippen molar-refractivity contribution in [2.24, 2.45) is 0 Å². The maximum atomic E-state index is 5.97. The molecule has 92 valence electrons. The predicted octanol–water partition coefficient (Wildman–Crippen LogP) is 3.09. The van der Waals surface area contributed by atoms with Crippen molar-refractivity contribution in [2.45, 2.75) is 19.4 Å². The first-order valence-electron chi connectivity index (χ1n) is 5.41. The van der Waals surface area contributed by atoms with E-state index < -0.39 is 0 Å². The lowest BCUT2D eigenvalue weighted by Crippen LogP contribution is -2.10. The molecule has 4 nitrogen and oxygen atoms in total. The molecule has 6 heteroatoms. The summed E-state index contributed by atoms with van der Waals surface area (Å²) in [5.41, 5.74) is 7.67. The zero-order valence-electron chi connectivity index (χ0n) is 9.85. The van der Waals surface area contributed by atoms with E-state index >= 15 is 0 Å². The van der Waals surface area contributed by atoms with E-state index in [2.05, 4.69) is 39.1 Å². The van der Waals surface area contributed by atoms with Crippen LogP contribution in [0.15, 0.2) is 16.7 Å². The van der Waals surface area contributed by atoms with Crippen molar-refractivity contribution in [2.75, 3.05) is 17.7 Å². The molecule has 0 aliphatic heterocycles. The van der Waals surface area contributed by atoms with Gasteiger partial charge in [0, 0.05) is 16.7 Å². The Bertz CT molecular complexity index is 525. The molecule has 0 spiro atoms. The van der Waals surface area contributed by atoms with Crippen LogP contribution in [0.2, 0.25) is 0 Å². The summed E-state index contributed by atoms with van der Waals surface area (Å²) in [4.78, 5) is 8.74. The van der Waals surface area contributed by atoms with Crippen molar-refractivity contribution < 1.29 is 0 Å². The molecule has 2 rings (SSSR count). The molecule has 2 heterocycles. The maximum absolute atomic E-state index is 5.97. The van der Waals surface area contributed by atoms with Gasteiger partial charge in [0.05, 0.1) is 0 Å². The van der Waals surface area contributed by atoms with Gasteiger partial charge in [-0.3, -0.25) is 4.57 Å². The van der Waals surface area contributed by atoms with Gasteiger partial charge in [0.25, 0.3) is 0 Å². The van der Waals surface area contributed by atoms with E-state index in [-0.39, 0.29) is 0 Å². The molecule has 2 aromatic heterocycles. The third-order valence-electron chi connectivity index (χ3n) is 2.70. The SMILES string of the molecule is CSCCC(C)n1c(N)nc2cc(Br)cnc21. The number of nitrogens with two attached hydrogens (primary N) is 1. The standard InChI is InChI=1S/C11H15BrN4S/c1-7(3-4-17-2)16-10-9(15-11(16)13)5-8(12)6-14-10/h5-7H,3-4H2,1-2H3,(H2,13,15). The van der Waals surface area contributed by atoms with Gasteiger partial charge in [-0.2, -0.15) is 11.8 Å². The topological polar surface area (TPSA) is 56.7 Å². The van der Waals surface area contributed by atoms with Crippen LogP contribution >= 0.6 is 27.7 Å². The van der Waals surface area contributed by atoms with Crippen molar-refractivity contribution in [3.05, 3.63) is 16.7 Å². The van der Waals surface area contributed by atoms with Gasteiger partial charge in [0.1, 0.15) is 5.52 Å². The quantitative estimate of drug-likeness (QED) is 0.942. The highest BCUT2D eigenvalue weighted by atomic mass is 79.9. The molecule has 0 radical (unpaired) electrons. The zero-order chi connectivity index (χ0) is 12.4. The average molecular weight is 315 g/mol. The zero-order valence-corrected chi connectivity index (χ0v) is 12.3. The van der Waals surface area contributed by atoms with Gasteiger partial charge in [0.2, 0.25) is 5.95 Å². The Morgan fingerprint density at radius 2 is 2.35 bits per heavy atom. The molecule has 0 bridgehead atoms. The second-order valence-corrected chi connectivity index (χ2v) is 5.87. The van der Waals surface area contributed by atoms with Crippen LogP contribution in [0.3, 0.4) is 0 Å². The molecule has 0 amide bonds. The van der Waals surface area contributed by atoms with Gasteiger partial charge in [-0.25, -0.2) is 9.97 Å². The van der Waals surface area contributed by atoms with E-state index in [1.54, 1.807) is 6.20 Å². The molecule has 0 aromatic carbocycles. The van der Waals surface area contributed by atoms with Gasteiger partial charge in [-0.05, 0) is 47.3 Å². The number of anilines is 1. The molecule has 0 fully saturated rings. The molecule has 0 aliphatic rings. The first-order valence-corrected chi connectivity index (χ1v) is 7.60. The minimum atomic E-state index is 0.320. The number of nitrogen functional groups attached to an aromatic ring is 1. The third kappa shape index (κ3) is 2.57. The Labute approximate surface area is 113 Å². The molecule has 1 atom stereocenters. The van der Waals surface area contributed by atoms with E-state index in [9.17, 15) is 0 Å². The smallest absolute Gasteiger partial charge is 0.202 e. The van der Waals surface area contributed by atoms with Crippen LogP contribution in [-0.2, 0) is 0 Å². The number of halogens is 1. The molecular formula is C11H15BrN4S. The summed E-state index contributed by atoms with van der Waals surface area (Å²) in [6.07, 6.45) is 4.95. The van der Waals surface area contributed by atoms with Gasteiger partial charge >= 0.3 is 0 Å². The van der Waals surface area contributed by atoms with Crippen molar-refractivity contribution in [3.8, 4) is 0 Å². The number of hydrogen-bond acceptors (Lipinski definition) is 4. The number of rotatable bonds is 4. The first kappa shape index (κ1) is 12.7. The molecule has 1 unspecified atom stereocenters. The number of aromatic nitrogens is 3. The molecular weight excluding hydrogens is 300 g/mol. The number of imidazole rings is 1. The average Bonchev–Trinajstić information content (AvgIpc) is 2.61. The highest BCUT2D eigenvalue weighted by molar-refractivity contribution is 9.10. The van der Waals surface area contributed by atoms with E-state index in [1.807, 2.05) is 22.4 Å². The Morgan fingerprint density at radius 1 is 1.59 bits per heavy atom. The molecule has 2 aromatic rings. The van der Waals surface area contributed by atoms with Crippen molar-refractivity contribution in [1.29, 1.82) is 0 Å². The van der Waals surface area contributed by atoms with Gasteiger partial charge in [-0.15, -0.1) is 0 Å². The second-order valence-electron chi connectivity index (χ2n) is 3.97. The predicted molar refractivity (Wildman–Crippen MR) is 77.4 cm³/mol. The minimum Gasteiger partial charge on any atom is -0.369 e. The Balaban J connectivity index is 2.42. The highest BCUT2D eigenvalue weighted by Crippen LogP contribution is 2.25. The molecule has 2 N–H and O–H groups in total. The van der Waals surface area contributed by atoms with E-state index in [4.69, 9.17) is 5.73 Å². The van der Waals surface area contributed by atoms with Crippen molar-refractivity contribution in [3.63, 3.8) is 0 Å². The van der Waals surface area contributed by atoms with Crippen LogP contribution in [-0.4, -0.2) is 26.5 Å². The van der Waals surface area contributed by atoms with E-state index in [0.717, 1.165) is 27.8 Å². The molecule has 0 saturated carbocycles. The second kappa shape index (κ2) is 5.27. The van der Waals surface area contributed by atoms with Gasteiger partial charge in [0.15, 0.2) is 5.65 Å². The van der Waals surface area contributed by atoms with E-state index in [1.165, 1.54) is 0 Å². The van der Waals surface area contributed by atoms with Gasteiger partial charge < -0.3 is 5.73 Å².